The fourth-order valence-corrected chi connectivity index (χ4v) is 2.88. The zero-order chi connectivity index (χ0) is 14.5. The second-order valence-corrected chi connectivity index (χ2v) is 5.69. The normalized spacial score (nSPS) is 16.0. The van der Waals surface area contributed by atoms with Crippen LogP contribution in [0.25, 0.3) is 11.0 Å². The highest BCUT2D eigenvalue weighted by Crippen LogP contribution is 2.17. The topological polar surface area (TPSA) is 69.8 Å². The minimum atomic E-state index is 0.135. The van der Waals surface area contributed by atoms with Crippen molar-refractivity contribution in [3.05, 3.63) is 24.4 Å². The third-order valence-corrected chi connectivity index (χ3v) is 4.04. The standard InChI is InChI=1S/C16H22N4O/c21-15(19-13-4-2-1-3-5-13)9-11-17-14-7-6-12-8-10-18-16(12)20-14/h6-8,10,13H,1-5,9,11H2,(H,19,21)(H2,17,18,20). The Morgan fingerprint density at radius 3 is 2.95 bits per heavy atom. The lowest BCUT2D eigenvalue weighted by molar-refractivity contribution is -0.121. The van der Waals surface area contributed by atoms with Crippen LogP contribution in [0.15, 0.2) is 24.4 Å². The maximum absolute atomic E-state index is 11.9. The first-order valence-electron chi connectivity index (χ1n) is 7.78. The molecule has 0 aromatic carbocycles. The number of hydrogen-bond donors (Lipinski definition) is 3. The molecule has 2 heterocycles. The second-order valence-electron chi connectivity index (χ2n) is 5.69. The summed E-state index contributed by atoms with van der Waals surface area (Å²) in [6.07, 6.45) is 8.40. The highest BCUT2D eigenvalue weighted by molar-refractivity contribution is 5.78. The fourth-order valence-electron chi connectivity index (χ4n) is 2.88. The monoisotopic (exact) mass is 286 g/mol. The Balaban J connectivity index is 1.43. The fraction of sp³-hybridized carbons (Fsp3) is 0.500. The van der Waals surface area contributed by atoms with Gasteiger partial charge >= 0.3 is 0 Å². The zero-order valence-corrected chi connectivity index (χ0v) is 12.2. The van der Waals surface area contributed by atoms with E-state index in [2.05, 4.69) is 20.6 Å². The van der Waals surface area contributed by atoms with Gasteiger partial charge < -0.3 is 15.6 Å². The minimum Gasteiger partial charge on any atom is -0.369 e. The molecule has 1 fully saturated rings. The van der Waals surface area contributed by atoms with Crippen LogP contribution in [0.4, 0.5) is 5.82 Å². The quantitative estimate of drug-likeness (QED) is 0.791. The van der Waals surface area contributed by atoms with Crippen molar-refractivity contribution in [2.24, 2.45) is 0 Å². The number of hydrogen-bond acceptors (Lipinski definition) is 3. The summed E-state index contributed by atoms with van der Waals surface area (Å²) >= 11 is 0. The molecule has 0 atom stereocenters. The molecule has 0 bridgehead atoms. The Morgan fingerprint density at radius 2 is 2.10 bits per heavy atom. The summed E-state index contributed by atoms with van der Waals surface area (Å²) in [6.45, 7) is 0.609. The molecule has 3 N–H and O–H groups in total. The van der Waals surface area contributed by atoms with E-state index in [4.69, 9.17) is 0 Å². The van der Waals surface area contributed by atoms with Crippen LogP contribution in [0.5, 0.6) is 0 Å². The van der Waals surface area contributed by atoms with Gasteiger partial charge in [-0.15, -0.1) is 0 Å². The number of anilines is 1. The average molecular weight is 286 g/mol. The van der Waals surface area contributed by atoms with Gasteiger partial charge in [0.1, 0.15) is 11.5 Å². The van der Waals surface area contributed by atoms with Crippen molar-refractivity contribution in [3.8, 4) is 0 Å². The van der Waals surface area contributed by atoms with Gasteiger partial charge in [0.2, 0.25) is 5.91 Å². The molecule has 112 valence electrons. The molecule has 1 amide bonds. The molecule has 2 aromatic heterocycles. The lowest BCUT2D eigenvalue weighted by Crippen LogP contribution is -2.36. The molecule has 0 aliphatic heterocycles. The number of fused-ring (bicyclic) bond motifs is 1. The summed E-state index contributed by atoms with van der Waals surface area (Å²) in [5.41, 5.74) is 0.867. The van der Waals surface area contributed by atoms with Gasteiger partial charge in [0.15, 0.2) is 0 Å². The molecule has 1 aliphatic carbocycles. The Morgan fingerprint density at radius 1 is 1.24 bits per heavy atom. The SMILES string of the molecule is O=C(CCNc1ccc2cc[nH]c2n1)NC1CCCCC1. The van der Waals surface area contributed by atoms with E-state index >= 15 is 0 Å². The van der Waals surface area contributed by atoms with E-state index in [1.165, 1.54) is 19.3 Å². The predicted molar refractivity (Wildman–Crippen MR) is 84.2 cm³/mol. The molecule has 21 heavy (non-hydrogen) atoms. The summed E-state index contributed by atoms with van der Waals surface area (Å²) in [4.78, 5) is 19.4. The van der Waals surface area contributed by atoms with E-state index in [1.807, 2.05) is 24.4 Å². The Hall–Kier alpha value is -2.04. The third-order valence-electron chi connectivity index (χ3n) is 4.04. The van der Waals surface area contributed by atoms with Crippen LogP contribution in [0, 0.1) is 0 Å². The Bertz CT molecular complexity index is 601. The van der Waals surface area contributed by atoms with Gasteiger partial charge in [0.05, 0.1) is 0 Å². The molecule has 0 saturated heterocycles. The number of nitrogens with one attached hydrogen (secondary N) is 3. The number of aromatic nitrogens is 2. The summed E-state index contributed by atoms with van der Waals surface area (Å²) in [7, 11) is 0. The molecular formula is C16H22N4O. The number of carbonyl (C=O) groups is 1. The van der Waals surface area contributed by atoms with E-state index in [0.717, 1.165) is 29.7 Å². The van der Waals surface area contributed by atoms with Crippen LogP contribution in [-0.2, 0) is 4.79 Å². The molecule has 0 radical (unpaired) electrons. The molecule has 1 saturated carbocycles. The highest BCUT2D eigenvalue weighted by Gasteiger charge is 2.15. The number of amides is 1. The van der Waals surface area contributed by atoms with Gasteiger partial charge in [-0.2, -0.15) is 0 Å². The van der Waals surface area contributed by atoms with Crippen LogP contribution in [0.1, 0.15) is 38.5 Å². The van der Waals surface area contributed by atoms with E-state index in [1.54, 1.807) is 0 Å². The van der Waals surface area contributed by atoms with Crippen LogP contribution in [-0.4, -0.2) is 28.5 Å². The molecular weight excluding hydrogens is 264 g/mol. The first kappa shape index (κ1) is 13.9. The van der Waals surface area contributed by atoms with Gasteiger partial charge in [-0.25, -0.2) is 4.98 Å². The maximum Gasteiger partial charge on any atom is 0.221 e. The van der Waals surface area contributed by atoms with E-state index < -0.39 is 0 Å². The van der Waals surface area contributed by atoms with Gasteiger partial charge in [0, 0.05) is 30.6 Å². The van der Waals surface area contributed by atoms with Crippen molar-refractivity contribution in [1.82, 2.24) is 15.3 Å². The number of pyridine rings is 1. The zero-order valence-electron chi connectivity index (χ0n) is 12.2. The van der Waals surface area contributed by atoms with Crippen molar-refractivity contribution in [1.29, 1.82) is 0 Å². The molecule has 5 heteroatoms. The van der Waals surface area contributed by atoms with Gasteiger partial charge in [-0.1, -0.05) is 19.3 Å². The number of nitrogens with zero attached hydrogens (tertiary/aromatic N) is 1. The van der Waals surface area contributed by atoms with Crippen LogP contribution in [0.2, 0.25) is 0 Å². The highest BCUT2D eigenvalue weighted by atomic mass is 16.1. The molecule has 2 aromatic rings. The molecule has 5 nitrogen and oxygen atoms in total. The van der Waals surface area contributed by atoms with Crippen molar-refractivity contribution in [2.75, 3.05) is 11.9 Å². The average Bonchev–Trinajstić information content (AvgIpc) is 2.96. The molecule has 1 aliphatic rings. The minimum absolute atomic E-state index is 0.135. The summed E-state index contributed by atoms with van der Waals surface area (Å²) in [6, 6.07) is 6.34. The van der Waals surface area contributed by atoms with E-state index in [0.29, 0.717) is 19.0 Å². The number of H-pyrrole nitrogens is 1. The summed E-state index contributed by atoms with van der Waals surface area (Å²) < 4.78 is 0. The molecule has 0 unspecified atom stereocenters. The van der Waals surface area contributed by atoms with Crippen molar-refractivity contribution in [2.45, 2.75) is 44.6 Å². The Labute approximate surface area is 124 Å². The number of carbonyl (C=O) groups excluding carboxylic acids is 1. The van der Waals surface area contributed by atoms with Crippen molar-refractivity contribution < 1.29 is 4.79 Å². The lowest BCUT2D eigenvalue weighted by Gasteiger charge is -2.22. The third kappa shape index (κ3) is 3.74. The van der Waals surface area contributed by atoms with Gasteiger partial charge in [0.25, 0.3) is 0 Å². The Kier molecular flexibility index (Phi) is 4.38. The first-order valence-corrected chi connectivity index (χ1v) is 7.78. The van der Waals surface area contributed by atoms with Gasteiger partial charge in [-0.3, -0.25) is 4.79 Å². The van der Waals surface area contributed by atoms with Crippen LogP contribution >= 0.6 is 0 Å². The first-order chi connectivity index (χ1) is 10.3. The van der Waals surface area contributed by atoms with Crippen LogP contribution < -0.4 is 10.6 Å². The predicted octanol–water partition coefficient (Wildman–Crippen LogP) is 2.81. The largest absolute Gasteiger partial charge is 0.369 e. The van der Waals surface area contributed by atoms with Gasteiger partial charge in [-0.05, 0) is 31.0 Å². The maximum atomic E-state index is 11.9. The summed E-state index contributed by atoms with van der Waals surface area (Å²) in [5, 5.41) is 7.42. The van der Waals surface area contributed by atoms with E-state index in [9.17, 15) is 4.79 Å². The van der Waals surface area contributed by atoms with Crippen LogP contribution in [0.3, 0.4) is 0 Å². The smallest absolute Gasteiger partial charge is 0.221 e. The second kappa shape index (κ2) is 6.61. The van der Waals surface area contributed by atoms with Crippen molar-refractivity contribution in [3.63, 3.8) is 0 Å². The number of aromatic amines is 1. The number of rotatable bonds is 5. The summed E-state index contributed by atoms with van der Waals surface area (Å²) in [5.74, 6) is 0.936. The van der Waals surface area contributed by atoms with Crippen molar-refractivity contribution >= 4 is 22.8 Å². The molecule has 0 spiro atoms. The molecule has 3 rings (SSSR count). The lowest BCUT2D eigenvalue weighted by atomic mass is 9.95. The van der Waals surface area contributed by atoms with E-state index in [-0.39, 0.29) is 5.91 Å².